The van der Waals surface area contributed by atoms with Crippen LogP contribution in [0, 0.1) is 29.1 Å². The van der Waals surface area contributed by atoms with Gasteiger partial charge in [-0.1, -0.05) is 0 Å². The van der Waals surface area contributed by atoms with Crippen molar-refractivity contribution in [1.82, 2.24) is 0 Å². The third-order valence-corrected chi connectivity index (χ3v) is 6.36. The van der Waals surface area contributed by atoms with Gasteiger partial charge in [0.2, 0.25) is 0 Å². The minimum atomic E-state index is -0.266. The summed E-state index contributed by atoms with van der Waals surface area (Å²) in [5, 5.41) is 8.76. The van der Waals surface area contributed by atoms with Crippen molar-refractivity contribution < 1.29 is 0 Å². The number of nitriles is 1. The van der Waals surface area contributed by atoms with Crippen LogP contribution in [0.25, 0.3) is 0 Å². The van der Waals surface area contributed by atoms with Crippen molar-refractivity contribution in [2.45, 2.75) is 49.3 Å². The molecule has 4 rings (SSSR count). The average Bonchev–Trinajstić information content (AvgIpc) is 2.24. The maximum atomic E-state index is 8.76. The van der Waals surface area contributed by atoms with Crippen LogP contribution in [0.15, 0.2) is 0 Å². The first-order valence-electron chi connectivity index (χ1n) is 6.48. The Bertz CT molecular complexity index is 285. The third kappa shape index (κ3) is 1.87. The molecule has 88 valence electrons. The number of rotatable bonds is 3. The molecule has 2 nitrogen and oxygen atoms in total. The van der Waals surface area contributed by atoms with Crippen LogP contribution in [-0.2, 0) is 0 Å². The van der Waals surface area contributed by atoms with Gasteiger partial charge in [0.25, 0.3) is 0 Å². The Morgan fingerprint density at radius 3 is 2.12 bits per heavy atom. The topological polar surface area (TPSA) is 49.8 Å². The normalized spacial score (nSPS) is 46.6. The summed E-state index contributed by atoms with van der Waals surface area (Å²) in [5.41, 5.74) is 5.72. The monoisotopic (exact) mass is 236 g/mol. The molecule has 4 aliphatic carbocycles. The highest BCUT2D eigenvalue weighted by molar-refractivity contribution is 8.00. The molecular weight excluding hydrogens is 216 g/mol. The van der Waals surface area contributed by atoms with Gasteiger partial charge in [-0.2, -0.15) is 17.0 Å². The summed E-state index contributed by atoms with van der Waals surface area (Å²) in [4.78, 5) is 0. The van der Waals surface area contributed by atoms with Crippen LogP contribution in [-0.4, -0.2) is 16.5 Å². The highest BCUT2D eigenvalue weighted by Gasteiger charge is 2.51. The lowest BCUT2D eigenvalue weighted by Gasteiger charge is -2.56. The maximum absolute atomic E-state index is 8.76. The summed E-state index contributed by atoms with van der Waals surface area (Å²) in [6.07, 6.45) is 8.68. The van der Waals surface area contributed by atoms with Crippen molar-refractivity contribution >= 4 is 11.8 Å². The van der Waals surface area contributed by atoms with Crippen molar-refractivity contribution in [3.8, 4) is 6.07 Å². The van der Waals surface area contributed by atoms with Gasteiger partial charge in [0.15, 0.2) is 0 Å². The molecule has 0 spiro atoms. The van der Waals surface area contributed by atoms with Crippen molar-refractivity contribution in [3.05, 3.63) is 0 Å². The fourth-order valence-electron chi connectivity index (χ4n) is 4.51. The third-order valence-electron chi connectivity index (χ3n) is 4.72. The Morgan fingerprint density at radius 1 is 1.19 bits per heavy atom. The Hall–Kier alpha value is -0.200. The van der Waals surface area contributed by atoms with Crippen LogP contribution in [0.1, 0.15) is 38.5 Å². The first kappa shape index (κ1) is 10.9. The lowest BCUT2D eigenvalue weighted by molar-refractivity contribution is 0.0383. The van der Waals surface area contributed by atoms with Gasteiger partial charge >= 0.3 is 0 Å². The van der Waals surface area contributed by atoms with Crippen molar-refractivity contribution in [3.63, 3.8) is 0 Å². The molecule has 4 bridgehead atoms. The maximum Gasteiger partial charge on any atom is 0.102 e. The molecule has 2 N–H and O–H groups in total. The van der Waals surface area contributed by atoms with Crippen LogP contribution in [0.4, 0.5) is 0 Å². The summed E-state index contributed by atoms with van der Waals surface area (Å²) in [7, 11) is 0. The second-order valence-electron chi connectivity index (χ2n) is 6.15. The predicted octanol–water partition coefficient (Wildman–Crippen LogP) is 2.54. The van der Waals surface area contributed by atoms with Crippen molar-refractivity contribution in [2.75, 3.05) is 5.75 Å². The van der Waals surface area contributed by atoms with Gasteiger partial charge in [-0.25, -0.2) is 0 Å². The van der Waals surface area contributed by atoms with E-state index in [0.29, 0.717) is 4.75 Å². The fraction of sp³-hybridized carbons (Fsp3) is 0.923. The largest absolute Gasteiger partial charge is 0.315 e. The van der Waals surface area contributed by atoms with E-state index in [-0.39, 0.29) is 6.04 Å². The van der Waals surface area contributed by atoms with E-state index in [4.69, 9.17) is 11.0 Å². The molecule has 0 heterocycles. The minimum absolute atomic E-state index is 0.266. The van der Waals surface area contributed by atoms with E-state index in [1.807, 2.05) is 11.8 Å². The number of hydrogen-bond donors (Lipinski definition) is 1. The first-order valence-corrected chi connectivity index (χ1v) is 7.47. The van der Waals surface area contributed by atoms with Gasteiger partial charge < -0.3 is 5.73 Å². The highest BCUT2D eigenvalue weighted by atomic mass is 32.2. The fourth-order valence-corrected chi connectivity index (χ4v) is 6.18. The Morgan fingerprint density at radius 2 is 1.69 bits per heavy atom. The quantitative estimate of drug-likeness (QED) is 0.819. The van der Waals surface area contributed by atoms with Gasteiger partial charge in [-0.15, -0.1) is 0 Å². The number of thioether (sulfide) groups is 1. The summed E-state index contributed by atoms with van der Waals surface area (Å²) in [6, 6.07) is 1.89. The van der Waals surface area contributed by atoms with E-state index in [9.17, 15) is 0 Å². The van der Waals surface area contributed by atoms with E-state index < -0.39 is 0 Å². The van der Waals surface area contributed by atoms with Gasteiger partial charge in [-0.05, 0) is 56.3 Å². The van der Waals surface area contributed by atoms with Gasteiger partial charge in [0.05, 0.1) is 6.07 Å². The van der Waals surface area contributed by atoms with E-state index >= 15 is 0 Å². The molecule has 0 saturated heterocycles. The molecule has 4 saturated carbocycles. The Balaban J connectivity index is 1.67. The highest BCUT2D eigenvalue weighted by Crippen LogP contribution is 2.60. The summed E-state index contributed by atoms with van der Waals surface area (Å²) >= 11 is 2.02. The van der Waals surface area contributed by atoms with Gasteiger partial charge in [-0.3, -0.25) is 0 Å². The smallest absolute Gasteiger partial charge is 0.102 e. The van der Waals surface area contributed by atoms with Crippen LogP contribution < -0.4 is 5.73 Å². The number of hydrogen-bond acceptors (Lipinski definition) is 3. The zero-order chi connectivity index (χ0) is 11.2. The van der Waals surface area contributed by atoms with Gasteiger partial charge in [0.1, 0.15) is 6.04 Å². The van der Waals surface area contributed by atoms with Crippen LogP contribution >= 0.6 is 11.8 Å². The molecule has 1 unspecified atom stereocenters. The number of nitrogens with two attached hydrogens (primary N) is 1. The lowest BCUT2D eigenvalue weighted by Crippen LogP contribution is -2.49. The summed E-state index contributed by atoms with van der Waals surface area (Å²) in [6.45, 7) is 0. The van der Waals surface area contributed by atoms with E-state index in [2.05, 4.69) is 6.07 Å². The Kier molecular flexibility index (Phi) is 2.68. The molecule has 0 aromatic carbocycles. The molecule has 0 aromatic rings. The van der Waals surface area contributed by atoms with E-state index in [1.165, 1.54) is 38.5 Å². The molecule has 16 heavy (non-hydrogen) atoms. The minimum Gasteiger partial charge on any atom is -0.315 e. The lowest BCUT2D eigenvalue weighted by atomic mass is 9.56. The standard InChI is InChI=1S/C13H20N2S/c14-7-12(15)8-16-13-4-9-1-10(5-13)3-11(2-9)6-13/h9-12H,1-6,8,15H2. The zero-order valence-electron chi connectivity index (χ0n) is 9.69. The molecule has 0 radical (unpaired) electrons. The van der Waals surface area contributed by atoms with Gasteiger partial charge in [0, 0.05) is 10.5 Å². The molecule has 4 fully saturated rings. The summed E-state index contributed by atoms with van der Waals surface area (Å²) < 4.78 is 0.517. The SMILES string of the molecule is N#CC(N)CSC12CC3CC(CC(C3)C1)C2. The second-order valence-corrected chi connectivity index (χ2v) is 7.64. The zero-order valence-corrected chi connectivity index (χ0v) is 10.5. The van der Waals surface area contributed by atoms with Crippen molar-refractivity contribution in [2.24, 2.45) is 23.5 Å². The van der Waals surface area contributed by atoms with Crippen LogP contribution in [0.5, 0.6) is 0 Å². The van der Waals surface area contributed by atoms with Crippen molar-refractivity contribution in [1.29, 1.82) is 5.26 Å². The number of nitrogens with zero attached hydrogens (tertiary/aromatic N) is 1. The molecule has 3 heteroatoms. The molecule has 0 aromatic heterocycles. The van der Waals surface area contributed by atoms with E-state index in [1.54, 1.807) is 0 Å². The molecule has 0 aliphatic heterocycles. The Labute approximate surface area is 102 Å². The van der Waals surface area contributed by atoms with E-state index in [0.717, 1.165) is 23.5 Å². The molecular formula is C13H20N2S. The first-order chi connectivity index (χ1) is 7.69. The molecule has 1 atom stereocenters. The molecule has 4 aliphatic rings. The second kappa shape index (κ2) is 3.92. The van der Waals surface area contributed by atoms with Crippen LogP contribution in [0.3, 0.4) is 0 Å². The molecule has 0 amide bonds. The predicted molar refractivity (Wildman–Crippen MR) is 66.9 cm³/mol. The summed E-state index contributed by atoms with van der Waals surface area (Å²) in [5.74, 6) is 3.83. The van der Waals surface area contributed by atoms with Crippen LogP contribution in [0.2, 0.25) is 0 Å². The average molecular weight is 236 g/mol.